The molecule has 0 fully saturated rings. The summed E-state index contributed by atoms with van der Waals surface area (Å²) in [6.07, 6.45) is 7.73. The SMILES string of the molecule is CC.CC(=O)NC(C(=O)NCC#CCO)C(C)OCC1=CCCC=C1. The van der Waals surface area contributed by atoms with E-state index in [-0.39, 0.29) is 25.0 Å². The molecule has 6 heteroatoms. The van der Waals surface area contributed by atoms with Gasteiger partial charge in [-0.1, -0.05) is 43.9 Å². The Labute approximate surface area is 150 Å². The second kappa shape index (κ2) is 14.3. The molecule has 0 bridgehead atoms. The zero-order valence-corrected chi connectivity index (χ0v) is 15.6. The van der Waals surface area contributed by atoms with E-state index in [1.807, 2.05) is 19.9 Å². The summed E-state index contributed by atoms with van der Waals surface area (Å²) in [5, 5.41) is 13.8. The molecule has 0 saturated carbocycles. The van der Waals surface area contributed by atoms with E-state index in [2.05, 4.69) is 34.6 Å². The molecule has 0 spiro atoms. The summed E-state index contributed by atoms with van der Waals surface area (Å²) in [4.78, 5) is 23.5. The Hall–Kier alpha value is -2.10. The smallest absolute Gasteiger partial charge is 0.246 e. The summed E-state index contributed by atoms with van der Waals surface area (Å²) in [6, 6.07) is -0.795. The van der Waals surface area contributed by atoms with Gasteiger partial charge in [0.2, 0.25) is 11.8 Å². The van der Waals surface area contributed by atoms with Crippen LogP contribution in [0.5, 0.6) is 0 Å². The lowest BCUT2D eigenvalue weighted by molar-refractivity contribution is -0.131. The number of allylic oxidation sites excluding steroid dienone is 2. The number of amides is 2. The average molecular weight is 350 g/mol. The van der Waals surface area contributed by atoms with Crippen molar-refractivity contribution in [3.8, 4) is 11.8 Å². The third-order valence-corrected chi connectivity index (χ3v) is 3.25. The van der Waals surface area contributed by atoms with Gasteiger partial charge >= 0.3 is 0 Å². The maximum atomic E-state index is 12.2. The molecule has 1 rings (SSSR count). The van der Waals surface area contributed by atoms with E-state index in [0.717, 1.165) is 18.4 Å². The van der Waals surface area contributed by atoms with Crippen molar-refractivity contribution >= 4 is 11.8 Å². The minimum atomic E-state index is -0.795. The fraction of sp³-hybridized carbons (Fsp3) is 0.579. The number of aliphatic hydroxyl groups excluding tert-OH is 1. The fourth-order valence-electron chi connectivity index (χ4n) is 2.07. The molecule has 2 amide bonds. The molecule has 0 aromatic rings. The lowest BCUT2D eigenvalue weighted by Crippen LogP contribution is -2.52. The summed E-state index contributed by atoms with van der Waals surface area (Å²) >= 11 is 0. The van der Waals surface area contributed by atoms with Crippen LogP contribution in [0.4, 0.5) is 0 Å². The number of nitrogens with one attached hydrogen (secondary N) is 2. The third kappa shape index (κ3) is 10.4. The number of carbonyl (C=O) groups excluding carboxylic acids is 2. The number of ether oxygens (including phenoxy) is 1. The summed E-state index contributed by atoms with van der Waals surface area (Å²) in [5.41, 5.74) is 1.07. The van der Waals surface area contributed by atoms with Crippen LogP contribution in [0, 0.1) is 11.8 Å². The minimum absolute atomic E-state index is 0.107. The normalized spacial score (nSPS) is 14.7. The fourth-order valence-corrected chi connectivity index (χ4v) is 2.07. The van der Waals surface area contributed by atoms with E-state index in [9.17, 15) is 9.59 Å². The van der Waals surface area contributed by atoms with E-state index in [4.69, 9.17) is 9.84 Å². The molecule has 0 aliphatic heterocycles. The molecule has 3 N–H and O–H groups in total. The second-order valence-corrected chi connectivity index (χ2v) is 5.18. The van der Waals surface area contributed by atoms with Crippen molar-refractivity contribution in [2.24, 2.45) is 0 Å². The summed E-state index contributed by atoms with van der Waals surface area (Å²) < 4.78 is 5.72. The minimum Gasteiger partial charge on any atom is -0.384 e. The molecule has 140 valence electrons. The molecule has 6 nitrogen and oxygen atoms in total. The van der Waals surface area contributed by atoms with E-state index in [1.54, 1.807) is 6.92 Å². The Bertz CT molecular complexity index is 529. The molecule has 0 aromatic carbocycles. The Kier molecular flexibility index (Phi) is 13.1. The van der Waals surface area contributed by atoms with Crippen LogP contribution < -0.4 is 10.6 Å². The van der Waals surface area contributed by atoms with Gasteiger partial charge in [0.05, 0.1) is 19.3 Å². The Balaban J connectivity index is 0.00000277. The molecule has 1 aliphatic rings. The van der Waals surface area contributed by atoms with Crippen LogP contribution in [-0.4, -0.2) is 48.8 Å². The highest BCUT2D eigenvalue weighted by molar-refractivity contribution is 5.87. The third-order valence-electron chi connectivity index (χ3n) is 3.25. The van der Waals surface area contributed by atoms with Crippen LogP contribution in [0.3, 0.4) is 0 Å². The van der Waals surface area contributed by atoms with Gasteiger partial charge < -0.3 is 20.5 Å². The van der Waals surface area contributed by atoms with Gasteiger partial charge in [-0.15, -0.1) is 0 Å². The first-order chi connectivity index (χ1) is 12.0. The predicted molar refractivity (Wildman–Crippen MR) is 98.7 cm³/mol. The van der Waals surface area contributed by atoms with Crippen molar-refractivity contribution in [1.29, 1.82) is 0 Å². The lowest BCUT2D eigenvalue weighted by atomic mass is 10.1. The summed E-state index contributed by atoms with van der Waals surface area (Å²) in [7, 11) is 0. The van der Waals surface area contributed by atoms with E-state index in [1.165, 1.54) is 6.92 Å². The standard InChI is InChI=1S/C17H24N2O4.C2H6/c1-13(23-12-15-8-4-3-5-9-15)16(19-14(2)21)17(22)18-10-6-7-11-20;1-2/h4,8-9,13,16,20H,3,5,10-12H2,1-2H3,(H,18,22)(H,19,21);1-2H3. The van der Waals surface area contributed by atoms with Gasteiger partial charge in [-0.2, -0.15) is 0 Å². The monoisotopic (exact) mass is 350 g/mol. The van der Waals surface area contributed by atoms with Crippen LogP contribution in [0.15, 0.2) is 23.8 Å². The van der Waals surface area contributed by atoms with Crippen molar-refractivity contribution in [1.82, 2.24) is 10.6 Å². The van der Waals surface area contributed by atoms with Crippen LogP contribution in [0.1, 0.15) is 40.5 Å². The van der Waals surface area contributed by atoms with Gasteiger partial charge in [0.15, 0.2) is 0 Å². The number of hydrogen-bond acceptors (Lipinski definition) is 4. The van der Waals surface area contributed by atoms with E-state index >= 15 is 0 Å². The number of rotatable bonds is 7. The lowest BCUT2D eigenvalue weighted by Gasteiger charge is -2.24. The highest BCUT2D eigenvalue weighted by atomic mass is 16.5. The quantitative estimate of drug-likeness (QED) is 0.604. The first-order valence-electron chi connectivity index (χ1n) is 8.63. The van der Waals surface area contributed by atoms with Gasteiger partial charge in [0.1, 0.15) is 12.6 Å². The van der Waals surface area contributed by atoms with Crippen molar-refractivity contribution in [2.45, 2.75) is 52.7 Å². The molecule has 25 heavy (non-hydrogen) atoms. The molecule has 2 unspecified atom stereocenters. The first kappa shape index (κ1) is 22.9. The largest absolute Gasteiger partial charge is 0.384 e. The number of carbonyl (C=O) groups is 2. The summed E-state index contributed by atoms with van der Waals surface area (Å²) in [6.45, 7) is 7.34. The predicted octanol–water partition coefficient (Wildman–Crippen LogP) is 1.31. The van der Waals surface area contributed by atoms with Gasteiger partial charge in [-0.05, 0) is 25.3 Å². The number of hydrogen-bond donors (Lipinski definition) is 3. The van der Waals surface area contributed by atoms with Crippen molar-refractivity contribution in [2.75, 3.05) is 19.8 Å². The second-order valence-electron chi connectivity index (χ2n) is 5.18. The van der Waals surface area contributed by atoms with Crippen molar-refractivity contribution < 1.29 is 19.4 Å². The van der Waals surface area contributed by atoms with Crippen molar-refractivity contribution in [3.05, 3.63) is 23.8 Å². The van der Waals surface area contributed by atoms with E-state index in [0.29, 0.717) is 6.61 Å². The topological polar surface area (TPSA) is 87.7 Å². The molecular weight excluding hydrogens is 320 g/mol. The molecule has 0 aromatic heterocycles. The molecule has 0 saturated heterocycles. The molecule has 0 heterocycles. The van der Waals surface area contributed by atoms with Gasteiger partial charge in [-0.3, -0.25) is 9.59 Å². The zero-order chi connectivity index (χ0) is 19.1. The number of aliphatic hydroxyl groups is 1. The Morgan fingerprint density at radius 3 is 2.60 bits per heavy atom. The maximum absolute atomic E-state index is 12.2. The Morgan fingerprint density at radius 1 is 1.32 bits per heavy atom. The molecule has 1 aliphatic carbocycles. The van der Waals surface area contributed by atoms with Crippen LogP contribution in [-0.2, 0) is 14.3 Å². The summed E-state index contributed by atoms with van der Waals surface area (Å²) in [5.74, 6) is 4.36. The highest BCUT2D eigenvalue weighted by Crippen LogP contribution is 2.11. The highest BCUT2D eigenvalue weighted by Gasteiger charge is 2.26. The van der Waals surface area contributed by atoms with Gasteiger partial charge in [0.25, 0.3) is 0 Å². The van der Waals surface area contributed by atoms with Crippen LogP contribution in [0.2, 0.25) is 0 Å². The Morgan fingerprint density at radius 2 is 2.04 bits per heavy atom. The van der Waals surface area contributed by atoms with Crippen LogP contribution >= 0.6 is 0 Å². The zero-order valence-electron chi connectivity index (χ0n) is 15.6. The van der Waals surface area contributed by atoms with Crippen molar-refractivity contribution in [3.63, 3.8) is 0 Å². The van der Waals surface area contributed by atoms with Gasteiger partial charge in [-0.25, -0.2) is 0 Å². The molecule has 0 radical (unpaired) electrons. The van der Waals surface area contributed by atoms with Crippen LogP contribution in [0.25, 0.3) is 0 Å². The van der Waals surface area contributed by atoms with Gasteiger partial charge in [0, 0.05) is 6.92 Å². The molecular formula is C19H30N2O4. The van der Waals surface area contributed by atoms with E-state index < -0.39 is 12.1 Å². The molecule has 2 atom stereocenters. The maximum Gasteiger partial charge on any atom is 0.246 e. The average Bonchev–Trinajstić information content (AvgIpc) is 2.63. The first-order valence-corrected chi connectivity index (χ1v) is 8.63.